The van der Waals surface area contributed by atoms with Gasteiger partial charge in [0.25, 0.3) is 0 Å². The SMILES string of the molecule is CCCCCCC(=O)OC(O)CC. The number of hydrogen-bond donors (Lipinski definition) is 1. The van der Waals surface area contributed by atoms with Crippen LogP contribution in [0, 0.1) is 0 Å². The van der Waals surface area contributed by atoms with E-state index < -0.39 is 6.29 Å². The van der Waals surface area contributed by atoms with E-state index in [1.165, 1.54) is 0 Å². The molecule has 0 rings (SSSR count). The first-order valence-electron chi connectivity index (χ1n) is 5.08. The van der Waals surface area contributed by atoms with Crippen LogP contribution in [0.1, 0.15) is 52.4 Å². The maximum atomic E-state index is 11.0. The number of hydrogen-bond acceptors (Lipinski definition) is 3. The molecular weight excluding hydrogens is 168 g/mol. The van der Waals surface area contributed by atoms with E-state index in [0.29, 0.717) is 12.8 Å². The topological polar surface area (TPSA) is 46.5 Å². The van der Waals surface area contributed by atoms with Crippen molar-refractivity contribution in [1.82, 2.24) is 0 Å². The zero-order valence-corrected chi connectivity index (χ0v) is 8.58. The fourth-order valence-corrected chi connectivity index (χ4v) is 0.990. The van der Waals surface area contributed by atoms with Gasteiger partial charge in [-0.1, -0.05) is 33.1 Å². The lowest BCUT2D eigenvalue weighted by atomic mass is 10.2. The Bertz CT molecular complexity index is 134. The molecule has 0 heterocycles. The maximum absolute atomic E-state index is 11.0. The molecule has 0 aromatic heterocycles. The summed E-state index contributed by atoms with van der Waals surface area (Å²) in [5.41, 5.74) is 0. The Morgan fingerprint density at radius 3 is 2.54 bits per heavy atom. The van der Waals surface area contributed by atoms with E-state index in [1.54, 1.807) is 6.92 Å². The zero-order chi connectivity index (χ0) is 10.1. The van der Waals surface area contributed by atoms with Crippen molar-refractivity contribution in [3.8, 4) is 0 Å². The van der Waals surface area contributed by atoms with Gasteiger partial charge in [0.05, 0.1) is 0 Å². The second-order valence-electron chi connectivity index (χ2n) is 3.16. The number of esters is 1. The van der Waals surface area contributed by atoms with Crippen molar-refractivity contribution < 1.29 is 14.6 Å². The van der Waals surface area contributed by atoms with Gasteiger partial charge in [0.1, 0.15) is 0 Å². The van der Waals surface area contributed by atoms with Gasteiger partial charge in [0.2, 0.25) is 0 Å². The molecule has 3 nitrogen and oxygen atoms in total. The average molecular weight is 188 g/mol. The zero-order valence-electron chi connectivity index (χ0n) is 8.58. The van der Waals surface area contributed by atoms with Crippen LogP contribution in [-0.2, 0) is 9.53 Å². The lowest BCUT2D eigenvalue weighted by Crippen LogP contribution is -2.16. The van der Waals surface area contributed by atoms with Crippen molar-refractivity contribution in [2.45, 2.75) is 58.7 Å². The molecule has 0 radical (unpaired) electrons. The molecule has 13 heavy (non-hydrogen) atoms. The minimum atomic E-state index is -0.918. The number of aliphatic hydroxyl groups excluding tert-OH is 1. The first kappa shape index (κ1) is 12.4. The van der Waals surface area contributed by atoms with Crippen LogP contribution in [0.25, 0.3) is 0 Å². The fourth-order valence-electron chi connectivity index (χ4n) is 0.990. The molecule has 78 valence electrons. The molecule has 0 saturated heterocycles. The van der Waals surface area contributed by atoms with Crippen LogP contribution in [0.5, 0.6) is 0 Å². The third-order valence-electron chi connectivity index (χ3n) is 1.85. The molecule has 0 saturated carbocycles. The first-order chi connectivity index (χ1) is 6.20. The molecule has 0 bridgehead atoms. The van der Waals surface area contributed by atoms with Gasteiger partial charge in [-0.15, -0.1) is 0 Å². The minimum Gasteiger partial charge on any atom is -0.436 e. The second kappa shape index (κ2) is 8.05. The summed E-state index contributed by atoms with van der Waals surface area (Å²) in [7, 11) is 0. The van der Waals surface area contributed by atoms with Crippen molar-refractivity contribution >= 4 is 5.97 Å². The summed E-state index contributed by atoms with van der Waals surface area (Å²) in [6.45, 7) is 3.90. The van der Waals surface area contributed by atoms with Crippen LogP contribution in [0.4, 0.5) is 0 Å². The third kappa shape index (κ3) is 7.78. The summed E-state index contributed by atoms with van der Waals surface area (Å²) in [4.78, 5) is 11.0. The summed E-state index contributed by atoms with van der Waals surface area (Å²) in [5, 5.41) is 8.99. The van der Waals surface area contributed by atoms with Gasteiger partial charge in [0.15, 0.2) is 6.29 Å². The molecule has 0 aliphatic rings. The number of carbonyl (C=O) groups is 1. The van der Waals surface area contributed by atoms with Gasteiger partial charge in [-0.2, -0.15) is 0 Å². The predicted octanol–water partition coefficient (Wildman–Crippen LogP) is 2.23. The molecule has 1 N–H and O–H groups in total. The molecule has 0 aliphatic carbocycles. The van der Waals surface area contributed by atoms with Crippen molar-refractivity contribution in [3.05, 3.63) is 0 Å². The van der Waals surface area contributed by atoms with Crippen LogP contribution < -0.4 is 0 Å². The van der Waals surface area contributed by atoms with E-state index in [-0.39, 0.29) is 5.97 Å². The van der Waals surface area contributed by atoms with E-state index in [0.717, 1.165) is 25.7 Å². The number of unbranched alkanes of at least 4 members (excludes halogenated alkanes) is 3. The largest absolute Gasteiger partial charge is 0.436 e. The monoisotopic (exact) mass is 188 g/mol. The van der Waals surface area contributed by atoms with Crippen LogP contribution >= 0.6 is 0 Å². The normalized spacial score (nSPS) is 12.5. The number of ether oxygens (including phenoxy) is 1. The molecular formula is C10H20O3. The third-order valence-corrected chi connectivity index (χ3v) is 1.85. The molecule has 0 aromatic carbocycles. The predicted molar refractivity (Wildman–Crippen MR) is 51.1 cm³/mol. The summed E-state index contributed by atoms with van der Waals surface area (Å²) in [5.74, 6) is -0.287. The lowest BCUT2D eigenvalue weighted by molar-refractivity contribution is -0.168. The van der Waals surface area contributed by atoms with Gasteiger partial charge in [-0.25, -0.2) is 0 Å². The van der Waals surface area contributed by atoms with Gasteiger partial charge >= 0.3 is 5.97 Å². The Labute approximate surface area is 80.1 Å². The highest BCUT2D eigenvalue weighted by Crippen LogP contribution is 2.04. The smallest absolute Gasteiger partial charge is 0.308 e. The summed E-state index contributed by atoms with van der Waals surface area (Å²) >= 11 is 0. The summed E-state index contributed by atoms with van der Waals surface area (Å²) < 4.78 is 4.70. The Balaban J connectivity index is 3.30. The Kier molecular flexibility index (Phi) is 7.69. The highest BCUT2D eigenvalue weighted by molar-refractivity contribution is 5.69. The fraction of sp³-hybridized carbons (Fsp3) is 0.900. The summed E-state index contributed by atoms with van der Waals surface area (Å²) in [6, 6.07) is 0. The number of carbonyl (C=O) groups excluding carboxylic acids is 1. The Morgan fingerprint density at radius 1 is 1.31 bits per heavy atom. The standard InChI is InChI=1S/C10H20O3/c1-3-5-6-7-8-10(12)13-9(11)4-2/h9,11H,3-8H2,1-2H3. The van der Waals surface area contributed by atoms with E-state index in [4.69, 9.17) is 9.84 Å². The van der Waals surface area contributed by atoms with Crippen LogP contribution in [0.15, 0.2) is 0 Å². The molecule has 1 atom stereocenters. The van der Waals surface area contributed by atoms with E-state index in [9.17, 15) is 4.79 Å². The first-order valence-corrected chi connectivity index (χ1v) is 5.08. The molecule has 0 amide bonds. The van der Waals surface area contributed by atoms with Gasteiger partial charge in [0, 0.05) is 12.8 Å². The molecule has 0 aromatic rings. The van der Waals surface area contributed by atoms with Crippen molar-refractivity contribution in [3.63, 3.8) is 0 Å². The second-order valence-corrected chi connectivity index (χ2v) is 3.16. The van der Waals surface area contributed by atoms with Crippen LogP contribution in [0.2, 0.25) is 0 Å². The van der Waals surface area contributed by atoms with Crippen molar-refractivity contribution in [1.29, 1.82) is 0 Å². The molecule has 3 heteroatoms. The molecule has 0 spiro atoms. The Morgan fingerprint density at radius 2 is 2.00 bits per heavy atom. The highest BCUT2D eigenvalue weighted by Gasteiger charge is 2.07. The molecule has 0 aliphatic heterocycles. The Hall–Kier alpha value is -0.570. The van der Waals surface area contributed by atoms with Crippen LogP contribution in [-0.4, -0.2) is 17.4 Å². The van der Waals surface area contributed by atoms with Gasteiger partial charge in [-0.05, 0) is 6.42 Å². The van der Waals surface area contributed by atoms with Gasteiger partial charge in [-0.3, -0.25) is 4.79 Å². The number of aliphatic hydroxyl groups is 1. The van der Waals surface area contributed by atoms with E-state index in [2.05, 4.69) is 6.92 Å². The van der Waals surface area contributed by atoms with Crippen molar-refractivity contribution in [2.24, 2.45) is 0 Å². The van der Waals surface area contributed by atoms with Gasteiger partial charge < -0.3 is 9.84 Å². The molecule has 1 unspecified atom stereocenters. The van der Waals surface area contributed by atoms with Crippen LogP contribution in [0.3, 0.4) is 0 Å². The quantitative estimate of drug-likeness (QED) is 0.378. The minimum absolute atomic E-state index is 0.287. The maximum Gasteiger partial charge on any atom is 0.308 e. The average Bonchev–Trinajstić information content (AvgIpc) is 2.12. The lowest BCUT2D eigenvalue weighted by Gasteiger charge is -2.08. The van der Waals surface area contributed by atoms with E-state index >= 15 is 0 Å². The number of rotatable bonds is 7. The highest BCUT2D eigenvalue weighted by atomic mass is 16.6. The van der Waals surface area contributed by atoms with Crippen molar-refractivity contribution in [2.75, 3.05) is 0 Å². The molecule has 0 fully saturated rings. The van der Waals surface area contributed by atoms with E-state index in [1.807, 2.05) is 0 Å². The summed E-state index contributed by atoms with van der Waals surface area (Å²) in [6.07, 6.45) is 4.21.